The van der Waals surface area contributed by atoms with Crippen LogP contribution in [-0.2, 0) is 18.8 Å². The molecule has 3 N–H and O–H groups in total. The van der Waals surface area contributed by atoms with Crippen LogP contribution >= 0.6 is 7.60 Å². The molecular formula is C14H21N2O8P. The fourth-order valence-electron chi connectivity index (χ4n) is 2.59. The van der Waals surface area contributed by atoms with Gasteiger partial charge in [-0.05, 0) is 19.9 Å². The van der Waals surface area contributed by atoms with Crippen molar-refractivity contribution >= 4 is 7.60 Å². The number of nitrogens with zero attached hydrogens (tertiary/aromatic N) is 1. The lowest BCUT2D eigenvalue weighted by molar-refractivity contribution is -0.0768. The van der Waals surface area contributed by atoms with Gasteiger partial charge in [-0.25, -0.2) is 4.79 Å². The lowest BCUT2D eigenvalue weighted by Crippen LogP contribution is -2.40. The fraction of sp³-hybridized carbons (Fsp3) is 0.571. The van der Waals surface area contributed by atoms with Gasteiger partial charge in [0.25, 0.3) is 5.56 Å². The first-order chi connectivity index (χ1) is 11.6. The summed E-state index contributed by atoms with van der Waals surface area (Å²) in [6.07, 6.45) is -1.01. The molecule has 1 aliphatic rings. The number of aromatic nitrogens is 2. The average molecular weight is 376 g/mol. The standard InChI is InChI=1S/C14H21N2O8P/c1-8(2)23-11-9(5-7-25(19,20)21)24-13(12(11)22-3)16-6-4-10(17)15-14(16)18/h4-9,11-13H,1-3H3,(H,15,17,18)(H2,19,20,21)/b7-5+/t9-,11?,12+,13-/m1/s1. The molecule has 0 saturated carbocycles. The van der Waals surface area contributed by atoms with Gasteiger partial charge in [-0.15, -0.1) is 0 Å². The van der Waals surface area contributed by atoms with Gasteiger partial charge in [-0.2, -0.15) is 0 Å². The van der Waals surface area contributed by atoms with Crippen LogP contribution in [0.4, 0.5) is 0 Å². The highest BCUT2D eigenvalue weighted by atomic mass is 31.2. The Morgan fingerprint density at radius 1 is 1.36 bits per heavy atom. The molecule has 1 saturated heterocycles. The number of rotatable bonds is 6. The van der Waals surface area contributed by atoms with E-state index in [1.165, 1.54) is 19.4 Å². The Hall–Kier alpha value is -1.55. The van der Waals surface area contributed by atoms with Crippen molar-refractivity contribution in [2.45, 2.75) is 44.5 Å². The number of H-pyrrole nitrogens is 1. The highest BCUT2D eigenvalue weighted by Gasteiger charge is 2.46. The van der Waals surface area contributed by atoms with Gasteiger partial charge in [0.05, 0.1) is 6.10 Å². The smallest absolute Gasteiger partial charge is 0.348 e. The monoisotopic (exact) mass is 376 g/mol. The molecule has 0 bridgehead atoms. The number of aromatic amines is 1. The maximum Gasteiger partial charge on any atom is 0.348 e. The van der Waals surface area contributed by atoms with E-state index in [0.717, 1.165) is 16.5 Å². The Bertz CT molecular complexity index is 780. The van der Waals surface area contributed by atoms with Gasteiger partial charge in [0.15, 0.2) is 6.23 Å². The largest absolute Gasteiger partial charge is 0.374 e. The molecule has 2 rings (SSSR count). The normalized spacial score (nSPS) is 27.4. The van der Waals surface area contributed by atoms with Crippen LogP contribution in [0.2, 0.25) is 0 Å². The van der Waals surface area contributed by atoms with Crippen LogP contribution in [0.3, 0.4) is 0 Å². The van der Waals surface area contributed by atoms with E-state index in [-0.39, 0.29) is 6.10 Å². The van der Waals surface area contributed by atoms with Gasteiger partial charge >= 0.3 is 13.3 Å². The van der Waals surface area contributed by atoms with Crippen LogP contribution in [0.25, 0.3) is 0 Å². The minimum atomic E-state index is -4.39. The maximum atomic E-state index is 12.0. The number of hydrogen-bond donors (Lipinski definition) is 3. The van der Waals surface area contributed by atoms with E-state index in [2.05, 4.69) is 4.98 Å². The lowest BCUT2D eigenvalue weighted by atomic mass is 10.1. The third-order valence-electron chi connectivity index (χ3n) is 3.52. The molecule has 0 amide bonds. The zero-order valence-corrected chi connectivity index (χ0v) is 14.8. The third-order valence-corrected chi connectivity index (χ3v) is 4.08. The van der Waals surface area contributed by atoms with Gasteiger partial charge in [0, 0.05) is 25.2 Å². The molecule has 4 atom stereocenters. The Kier molecular flexibility index (Phi) is 6.15. The highest BCUT2D eigenvalue weighted by molar-refractivity contribution is 7.55. The van der Waals surface area contributed by atoms with Gasteiger partial charge in [0.1, 0.15) is 18.3 Å². The molecule has 0 radical (unpaired) electrons. The van der Waals surface area contributed by atoms with Crippen molar-refractivity contribution in [2.24, 2.45) is 0 Å². The summed E-state index contributed by atoms with van der Waals surface area (Å²) in [5.74, 6) is 0.721. The minimum absolute atomic E-state index is 0.219. The zero-order chi connectivity index (χ0) is 18.8. The summed E-state index contributed by atoms with van der Waals surface area (Å²) in [7, 11) is -2.98. The second kappa shape index (κ2) is 7.77. The van der Waals surface area contributed by atoms with Crippen molar-refractivity contribution in [2.75, 3.05) is 7.11 Å². The quantitative estimate of drug-likeness (QED) is 0.586. The first kappa shape index (κ1) is 19.8. The van der Waals surface area contributed by atoms with Gasteiger partial charge in [-0.1, -0.05) is 0 Å². The molecule has 10 nitrogen and oxygen atoms in total. The van der Waals surface area contributed by atoms with Crippen molar-refractivity contribution in [3.05, 3.63) is 45.0 Å². The van der Waals surface area contributed by atoms with E-state index >= 15 is 0 Å². The molecule has 0 aromatic carbocycles. The summed E-state index contributed by atoms with van der Waals surface area (Å²) >= 11 is 0. The Morgan fingerprint density at radius 3 is 2.56 bits per heavy atom. The summed E-state index contributed by atoms with van der Waals surface area (Å²) in [4.78, 5) is 43.4. The van der Waals surface area contributed by atoms with Crippen LogP contribution in [0.5, 0.6) is 0 Å². The number of methoxy groups -OCH3 is 1. The molecule has 25 heavy (non-hydrogen) atoms. The molecule has 11 heteroatoms. The topological polar surface area (TPSA) is 140 Å². The number of ether oxygens (including phenoxy) is 3. The van der Waals surface area contributed by atoms with Crippen molar-refractivity contribution in [1.82, 2.24) is 9.55 Å². The van der Waals surface area contributed by atoms with Crippen molar-refractivity contribution in [3.8, 4) is 0 Å². The third kappa shape index (κ3) is 4.97. The highest BCUT2D eigenvalue weighted by Crippen LogP contribution is 2.39. The predicted molar refractivity (Wildman–Crippen MR) is 87.2 cm³/mol. The van der Waals surface area contributed by atoms with E-state index < -0.39 is 43.4 Å². The summed E-state index contributed by atoms with van der Waals surface area (Å²) in [6, 6.07) is 1.16. The SMILES string of the molecule is CO[C@H]1C(OC(C)C)[C@@H](/C=C/P(=O)(O)O)O[C@H]1n1ccc(=O)[nH]c1=O. The van der Waals surface area contributed by atoms with E-state index in [1.54, 1.807) is 13.8 Å². The second-order valence-electron chi connectivity index (χ2n) is 5.79. The van der Waals surface area contributed by atoms with Gasteiger partial charge in [-0.3, -0.25) is 18.9 Å². The Balaban J connectivity index is 2.41. The van der Waals surface area contributed by atoms with E-state index in [0.29, 0.717) is 0 Å². The minimum Gasteiger partial charge on any atom is -0.374 e. The molecule has 1 aliphatic heterocycles. The van der Waals surface area contributed by atoms with E-state index in [1.807, 2.05) is 0 Å². The Labute approximate surface area is 143 Å². The molecule has 1 fully saturated rings. The summed E-state index contributed by atoms with van der Waals surface area (Å²) < 4.78 is 29.1. The fourth-order valence-corrected chi connectivity index (χ4v) is 2.98. The molecule has 1 unspecified atom stereocenters. The first-order valence-electron chi connectivity index (χ1n) is 7.52. The predicted octanol–water partition coefficient (Wildman–Crippen LogP) is -0.0660. The van der Waals surface area contributed by atoms with E-state index in [4.69, 9.17) is 24.0 Å². The first-order valence-corrected chi connectivity index (χ1v) is 9.20. The number of hydrogen-bond acceptors (Lipinski definition) is 6. The van der Waals surface area contributed by atoms with Crippen LogP contribution in [0, 0.1) is 0 Å². The molecular weight excluding hydrogens is 355 g/mol. The van der Waals surface area contributed by atoms with Crippen LogP contribution < -0.4 is 11.2 Å². The molecule has 0 spiro atoms. The lowest BCUT2D eigenvalue weighted by Gasteiger charge is -2.24. The summed E-state index contributed by atoms with van der Waals surface area (Å²) in [6.45, 7) is 3.58. The van der Waals surface area contributed by atoms with Gasteiger partial charge < -0.3 is 24.0 Å². The van der Waals surface area contributed by atoms with Crippen molar-refractivity contribution in [1.29, 1.82) is 0 Å². The molecule has 1 aromatic rings. The molecule has 2 heterocycles. The number of nitrogens with one attached hydrogen (secondary N) is 1. The van der Waals surface area contributed by atoms with Crippen molar-refractivity contribution in [3.63, 3.8) is 0 Å². The summed E-state index contributed by atoms with van der Waals surface area (Å²) in [5, 5.41) is 0. The van der Waals surface area contributed by atoms with Crippen molar-refractivity contribution < 1.29 is 28.6 Å². The molecule has 0 aliphatic carbocycles. The van der Waals surface area contributed by atoms with E-state index in [9.17, 15) is 14.2 Å². The zero-order valence-electron chi connectivity index (χ0n) is 13.9. The Morgan fingerprint density at radius 2 is 2.04 bits per heavy atom. The summed E-state index contributed by atoms with van der Waals surface area (Å²) in [5.41, 5.74) is -1.25. The van der Waals surface area contributed by atoms with Crippen LogP contribution in [0.15, 0.2) is 33.7 Å². The van der Waals surface area contributed by atoms with Crippen LogP contribution in [-0.4, -0.2) is 50.9 Å². The molecule has 1 aromatic heterocycles. The van der Waals surface area contributed by atoms with Gasteiger partial charge in [0.2, 0.25) is 0 Å². The second-order valence-corrected chi connectivity index (χ2v) is 7.27. The maximum absolute atomic E-state index is 12.0. The van der Waals surface area contributed by atoms with Crippen LogP contribution in [0.1, 0.15) is 20.1 Å². The molecule has 140 valence electrons. The average Bonchev–Trinajstić information content (AvgIpc) is 2.81.